The van der Waals surface area contributed by atoms with Gasteiger partial charge in [0.25, 0.3) is 0 Å². The second-order valence-corrected chi connectivity index (χ2v) is 5.09. The molecular weight excluding hydrogens is 301 g/mol. The molecule has 1 aromatic heterocycles. The van der Waals surface area contributed by atoms with Crippen LogP contribution in [0.3, 0.4) is 0 Å². The summed E-state index contributed by atoms with van der Waals surface area (Å²) in [7, 11) is 0. The van der Waals surface area contributed by atoms with E-state index in [2.05, 4.69) is 9.97 Å². The molecule has 5 nitrogen and oxygen atoms in total. The van der Waals surface area contributed by atoms with Crippen LogP contribution >= 0.6 is 23.2 Å². The van der Waals surface area contributed by atoms with Gasteiger partial charge in [-0.2, -0.15) is 4.98 Å². The highest BCUT2D eigenvalue weighted by molar-refractivity contribution is 6.31. The Hall–Kier alpha value is -1.14. The zero-order valence-corrected chi connectivity index (χ0v) is 12.4. The van der Waals surface area contributed by atoms with Crippen molar-refractivity contribution in [3.8, 4) is 0 Å². The number of benzene rings is 1. The summed E-state index contributed by atoms with van der Waals surface area (Å²) in [5, 5.41) is 1.63. The predicted octanol–water partition coefficient (Wildman–Crippen LogP) is 3.09. The summed E-state index contributed by atoms with van der Waals surface area (Å²) >= 11 is 12.1. The van der Waals surface area contributed by atoms with E-state index < -0.39 is 6.41 Å². The molecule has 1 aliphatic heterocycles. The minimum absolute atomic E-state index is 0.186. The van der Waals surface area contributed by atoms with Gasteiger partial charge in [-0.25, -0.2) is 4.98 Å². The van der Waals surface area contributed by atoms with Crippen LogP contribution in [-0.4, -0.2) is 36.1 Å². The first-order valence-corrected chi connectivity index (χ1v) is 7.07. The quantitative estimate of drug-likeness (QED) is 0.815. The summed E-state index contributed by atoms with van der Waals surface area (Å²) in [4.78, 5) is 10.4. The van der Waals surface area contributed by atoms with Crippen LogP contribution in [0.2, 0.25) is 10.3 Å². The van der Waals surface area contributed by atoms with E-state index in [1.807, 2.05) is 24.0 Å². The van der Waals surface area contributed by atoms with Gasteiger partial charge < -0.3 is 14.4 Å². The predicted molar refractivity (Wildman–Crippen MR) is 78.3 cm³/mol. The number of hydrogen-bond acceptors (Lipinski definition) is 5. The minimum atomic E-state index is -0.451. The standard InChI is InChI=1S/C13H13Cl2N3O2/c1-2-18(13-19-5-6-20-13)11-9-7-8(14)3-4-10(9)16-12(15)17-11/h3-4,7,13H,2,5-6H2,1H3. The molecule has 0 amide bonds. The lowest BCUT2D eigenvalue weighted by Gasteiger charge is -2.27. The van der Waals surface area contributed by atoms with Crippen LogP contribution in [0.1, 0.15) is 6.92 Å². The average Bonchev–Trinajstić information content (AvgIpc) is 2.94. The Bertz CT molecular complexity index is 632. The molecule has 0 spiro atoms. The molecule has 3 rings (SSSR count). The third-order valence-corrected chi connectivity index (χ3v) is 3.49. The number of halogens is 2. The molecular formula is C13H13Cl2N3O2. The van der Waals surface area contributed by atoms with Crippen molar-refractivity contribution in [2.24, 2.45) is 0 Å². The summed E-state index contributed by atoms with van der Waals surface area (Å²) < 4.78 is 11.1. The van der Waals surface area contributed by atoms with Gasteiger partial charge in [0.2, 0.25) is 11.7 Å². The first kappa shape index (κ1) is 13.8. The largest absolute Gasteiger partial charge is 0.333 e. The molecule has 1 saturated heterocycles. The summed E-state index contributed by atoms with van der Waals surface area (Å²) in [5.41, 5.74) is 0.737. The van der Waals surface area contributed by atoms with Crippen LogP contribution < -0.4 is 4.90 Å². The SMILES string of the molecule is CCN(c1nc(Cl)nc2ccc(Cl)cc12)C1OCCO1. The van der Waals surface area contributed by atoms with Gasteiger partial charge in [-0.05, 0) is 36.7 Å². The Morgan fingerprint density at radius 1 is 1.25 bits per heavy atom. The number of hydrogen-bond donors (Lipinski definition) is 0. The average molecular weight is 314 g/mol. The second-order valence-electron chi connectivity index (χ2n) is 4.31. The molecule has 0 radical (unpaired) electrons. The van der Waals surface area contributed by atoms with Crippen molar-refractivity contribution in [2.45, 2.75) is 13.3 Å². The topological polar surface area (TPSA) is 47.5 Å². The molecule has 0 aliphatic carbocycles. The molecule has 2 aromatic rings. The fourth-order valence-corrected chi connectivity index (χ4v) is 2.54. The third kappa shape index (κ3) is 2.54. The van der Waals surface area contributed by atoms with E-state index in [1.165, 1.54) is 0 Å². The normalized spacial score (nSPS) is 15.9. The van der Waals surface area contributed by atoms with Crippen molar-refractivity contribution in [3.05, 3.63) is 28.5 Å². The number of rotatable bonds is 3. The molecule has 106 valence electrons. The van der Waals surface area contributed by atoms with Gasteiger partial charge >= 0.3 is 0 Å². The van der Waals surface area contributed by atoms with Crippen molar-refractivity contribution in [3.63, 3.8) is 0 Å². The number of anilines is 1. The van der Waals surface area contributed by atoms with Crippen molar-refractivity contribution in [1.82, 2.24) is 9.97 Å². The number of ether oxygens (including phenoxy) is 2. The highest BCUT2D eigenvalue weighted by Gasteiger charge is 2.26. The molecule has 0 atom stereocenters. The summed E-state index contributed by atoms with van der Waals surface area (Å²) in [6, 6.07) is 5.41. The molecule has 1 aliphatic rings. The molecule has 2 heterocycles. The smallest absolute Gasteiger partial charge is 0.241 e. The Balaban J connectivity index is 2.14. The van der Waals surface area contributed by atoms with Gasteiger partial charge in [0.15, 0.2) is 0 Å². The van der Waals surface area contributed by atoms with E-state index in [-0.39, 0.29) is 5.28 Å². The molecule has 0 N–H and O–H groups in total. The van der Waals surface area contributed by atoms with Gasteiger partial charge in [0, 0.05) is 17.0 Å². The first-order valence-electron chi connectivity index (χ1n) is 6.31. The van der Waals surface area contributed by atoms with E-state index in [4.69, 9.17) is 32.7 Å². The molecule has 0 unspecified atom stereocenters. The zero-order chi connectivity index (χ0) is 14.1. The second kappa shape index (κ2) is 5.69. The lowest BCUT2D eigenvalue weighted by Crippen LogP contribution is -2.36. The van der Waals surface area contributed by atoms with Gasteiger partial charge in [-0.1, -0.05) is 11.6 Å². The molecule has 0 bridgehead atoms. The minimum Gasteiger partial charge on any atom is -0.333 e. The van der Waals surface area contributed by atoms with Crippen molar-refractivity contribution < 1.29 is 9.47 Å². The maximum absolute atomic E-state index is 6.07. The Morgan fingerprint density at radius 3 is 2.70 bits per heavy atom. The van der Waals surface area contributed by atoms with Crippen molar-refractivity contribution in [2.75, 3.05) is 24.7 Å². The van der Waals surface area contributed by atoms with Crippen LogP contribution in [0.4, 0.5) is 5.82 Å². The van der Waals surface area contributed by atoms with Crippen molar-refractivity contribution in [1.29, 1.82) is 0 Å². The van der Waals surface area contributed by atoms with Crippen molar-refractivity contribution >= 4 is 39.9 Å². The fraction of sp³-hybridized carbons (Fsp3) is 0.385. The highest BCUT2D eigenvalue weighted by atomic mass is 35.5. The highest BCUT2D eigenvalue weighted by Crippen LogP contribution is 2.30. The van der Waals surface area contributed by atoms with Gasteiger partial charge in [-0.3, -0.25) is 0 Å². The maximum Gasteiger partial charge on any atom is 0.241 e. The van der Waals surface area contributed by atoms with Crippen LogP contribution in [0.15, 0.2) is 18.2 Å². The molecule has 20 heavy (non-hydrogen) atoms. The Kier molecular flexibility index (Phi) is 3.94. The van der Waals surface area contributed by atoms with Gasteiger partial charge in [0.1, 0.15) is 5.82 Å². The van der Waals surface area contributed by atoms with E-state index in [1.54, 1.807) is 6.07 Å². The lowest BCUT2D eigenvalue weighted by atomic mass is 10.2. The fourth-order valence-electron chi connectivity index (χ4n) is 2.20. The van der Waals surface area contributed by atoms with Gasteiger partial charge in [-0.15, -0.1) is 0 Å². The maximum atomic E-state index is 6.07. The monoisotopic (exact) mass is 313 g/mol. The molecule has 0 saturated carbocycles. The summed E-state index contributed by atoms with van der Waals surface area (Å²) in [6.45, 7) is 3.80. The first-order chi connectivity index (χ1) is 9.69. The summed E-state index contributed by atoms with van der Waals surface area (Å²) in [5.74, 6) is 0.664. The summed E-state index contributed by atoms with van der Waals surface area (Å²) in [6.07, 6.45) is -0.451. The molecule has 1 aromatic carbocycles. The van der Waals surface area contributed by atoms with E-state index in [0.29, 0.717) is 30.6 Å². The van der Waals surface area contributed by atoms with Crippen LogP contribution in [0.25, 0.3) is 10.9 Å². The zero-order valence-electron chi connectivity index (χ0n) is 10.8. The van der Waals surface area contributed by atoms with E-state index >= 15 is 0 Å². The number of aromatic nitrogens is 2. The van der Waals surface area contributed by atoms with Gasteiger partial charge in [0.05, 0.1) is 18.7 Å². The third-order valence-electron chi connectivity index (χ3n) is 3.08. The number of nitrogens with zero attached hydrogens (tertiary/aromatic N) is 3. The lowest BCUT2D eigenvalue weighted by molar-refractivity contribution is -0.0421. The molecule has 7 heteroatoms. The van der Waals surface area contributed by atoms with E-state index in [0.717, 1.165) is 10.9 Å². The Morgan fingerprint density at radius 2 is 2.00 bits per heavy atom. The van der Waals surface area contributed by atoms with Crippen LogP contribution in [0.5, 0.6) is 0 Å². The molecule has 1 fully saturated rings. The van der Waals surface area contributed by atoms with Crippen LogP contribution in [0, 0.1) is 0 Å². The number of fused-ring (bicyclic) bond motifs is 1. The van der Waals surface area contributed by atoms with Crippen LogP contribution in [-0.2, 0) is 9.47 Å². The Labute approximate surface area is 126 Å². The van der Waals surface area contributed by atoms with E-state index in [9.17, 15) is 0 Å².